The van der Waals surface area contributed by atoms with Gasteiger partial charge in [-0.25, -0.2) is 0 Å². The van der Waals surface area contributed by atoms with E-state index < -0.39 is 0 Å². The van der Waals surface area contributed by atoms with E-state index in [0.29, 0.717) is 5.92 Å². The minimum Gasteiger partial charge on any atom is -0.402 e. The van der Waals surface area contributed by atoms with E-state index >= 15 is 0 Å². The normalized spacial score (nSPS) is 26.0. The summed E-state index contributed by atoms with van der Waals surface area (Å²) in [5.41, 5.74) is 12.9. The predicted octanol–water partition coefficient (Wildman–Crippen LogP) is 0.726. The van der Waals surface area contributed by atoms with E-state index in [1.807, 2.05) is 13.0 Å². The smallest absolute Gasteiger partial charge is 0.0610 e. The molecule has 0 fully saturated rings. The molecule has 68 valence electrons. The third kappa shape index (κ3) is 2.01. The van der Waals surface area contributed by atoms with Crippen LogP contribution in [0.5, 0.6) is 0 Å². The Morgan fingerprint density at radius 3 is 2.75 bits per heavy atom. The molecule has 0 aliphatic heterocycles. The van der Waals surface area contributed by atoms with E-state index in [9.17, 15) is 0 Å². The molecule has 0 bridgehead atoms. The molecule has 2 unspecified atom stereocenters. The Hall–Kier alpha value is -0.960. The Morgan fingerprint density at radius 1 is 1.58 bits per heavy atom. The molecule has 3 nitrogen and oxygen atoms in total. The third-order valence-corrected chi connectivity index (χ3v) is 2.20. The Bertz CT molecular complexity index is 221. The Labute approximate surface area is 73.1 Å². The first-order valence-corrected chi connectivity index (χ1v) is 4.09. The van der Waals surface area contributed by atoms with Crippen LogP contribution in [0.2, 0.25) is 0 Å². The number of rotatable bonds is 2. The summed E-state index contributed by atoms with van der Waals surface area (Å²) in [6.45, 7) is 2.02. The largest absolute Gasteiger partial charge is 0.402 e. The SMILES string of the molecule is COC(C)C1C=C(N)C=C(N)C1. The van der Waals surface area contributed by atoms with E-state index in [0.717, 1.165) is 17.8 Å². The molecule has 3 heteroatoms. The molecule has 0 aromatic carbocycles. The molecule has 2 atom stereocenters. The van der Waals surface area contributed by atoms with Crippen molar-refractivity contribution in [1.82, 2.24) is 0 Å². The van der Waals surface area contributed by atoms with Gasteiger partial charge in [0.05, 0.1) is 6.10 Å². The highest BCUT2D eigenvalue weighted by atomic mass is 16.5. The summed E-state index contributed by atoms with van der Waals surface area (Å²) in [6.07, 6.45) is 4.83. The van der Waals surface area contributed by atoms with Gasteiger partial charge in [0, 0.05) is 24.4 Å². The number of methoxy groups -OCH3 is 1. The number of allylic oxidation sites excluding steroid dienone is 2. The lowest BCUT2D eigenvalue weighted by molar-refractivity contribution is 0.0830. The maximum atomic E-state index is 5.69. The van der Waals surface area contributed by atoms with Crippen LogP contribution in [0.1, 0.15) is 13.3 Å². The number of hydrogen-bond acceptors (Lipinski definition) is 3. The fraction of sp³-hybridized carbons (Fsp3) is 0.556. The molecule has 0 heterocycles. The topological polar surface area (TPSA) is 61.3 Å². The van der Waals surface area contributed by atoms with Gasteiger partial charge in [0.15, 0.2) is 0 Å². The quantitative estimate of drug-likeness (QED) is 0.639. The van der Waals surface area contributed by atoms with Gasteiger partial charge in [-0.1, -0.05) is 6.08 Å². The van der Waals surface area contributed by atoms with Gasteiger partial charge in [0.2, 0.25) is 0 Å². The van der Waals surface area contributed by atoms with E-state index in [-0.39, 0.29) is 6.10 Å². The van der Waals surface area contributed by atoms with Gasteiger partial charge < -0.3 is 16.2 Å². The highest BCUT2D eigenvalue weighted by Crippen LogP contribution is 2.22. The first-order chi connectivity index (χ1) is 5.63. The molecule has 1 aliphatic rings. The maximum Gasteiger partial charge on any atom is 0.0610 e. The fourth-order valence-electron chi connectivity index (χ4n) is 1.38. The highest BCUT2D eigenvalue weighted by Gasteiger charge is 2.18. The van der Waals surface area contributed by atoms with Gasteiger partial charge in [-0.15, -0.1) is 0 Å². The summed E-state index contributed by atoms with van der Waals surface area (Å²) in [7, 11) is 1.70. The van der Waals surface area contributed by atoms with Gasteiger partial charge in [-0.3, -0.25) is 0 Å². The average Bonchev–Trinajstić information content (AvgIpc) is 2.01. The molecular weight excluding hydrogens is 152 g/mol. The summed E-state index contributed by atoms with van der Waals surface area (Å²) in [4.78, 5) is 0. The van der Waals surface area contributed by atoms with Crippen LogP contribution in [0.4, 0.5) is 0 Å². The van der Waals surface area contributed by atoms with Crippen molar-refractivity contribution in [2.75, 3.05) is 7.11 Å². The molecule has 12 heavy (non-hydrogen) atoms. The first kappa shape index (κ1) is 9.13. The first-order valence-electron chi connectivity index (χ1n) is 4.09. The molecular formula is C9H16N2O. The summed E-state index contributed by atoms with van der Waals surface area (Å²) in [5.74, 6) is 0.319. The van der Waals surface area contributed by atoms with Gasteiger partial charge in [0.1, 0.15) is 0 Å². The molecule has 1 aliphatic carbocycles. The fourth-order valence-corrected chi connectivity index (χ4v) is 1.38. The van der Waals surface area contributed by atoms with Crippen LogP contribution in [0.25, 0.3) is 0 Å². The number of nitrogens with two attached hydrogens (primary N) is 2. The molecule has 0 saturated carbocycles. The number of ether oxygens (including phenoxy) is 1. The lowest BCUT2D eigenvalue weighted by atomic mass is 9.92. The standard InChI is InChI=1S/C9H16N2O/c1-6(12-2)7-3-8(10)5-9(11)4-7/h3,5-7H,4,10-11H2,1-2H3. The summed E-state index contributed by atoms with van der Waals surface area (Å²) < 4.78 is 5.20. The monoisotopic (exact) mass is 168 g/mol. The second-order valence-electron chi connectivity index (χ2n) is 3.19. The van der Waals surface area contributed by atoms with E-state index in [1.165, 1.54) is 0 Å². The molecule has 4 N–H and O–H groups in total. The second-order valence-corrected chi connectivity index (χ2v) is 3.19. The van der Waals surface area contributed by atoms with Crippen LogP contribution in [-0.4, -0.2) is 13.2 Å². The molecule has 0 radical (unpaired) electrons. The van der Waals surface area contributed by atoms with Gasteiger partial charge >= 0.3 is 0 Å². The van der Waals surface area contributed by atoms with Gasteiger partial charge in [-0.05, 0) is 19.4 Å². The van der Waals surface area contributed by atoms with Crippen LogP contribution >= 0.6 is 0 Å². The lowest BCUT2D eigenvalue weighted by Crippen LogP contribution is -2.23. The zero-order valence-corrected chi connectivity index (χ0v) is 7.58. The Kier molecular flexibility index (Phi) is 2.76. The van der Waals surface area contributed by atoms with Crippen molar-refractivity contribution in [2.45, 2.75) is 19.4 Å². The van der Waals surface area contributed by atoms with Crippen LogP contribution in [-0.2, 0) is 4.74 Å². The second kappa shape index (κ2) is 3.63. The van der Waals surface area contributed by atoms with Crippen molar-refractivity contribution in [3.8, 4) is 0 Å². The third-order valence-electron chi connectivity index (χ3n) is 2.20. The Morgan fingerprint density at radius 2 is 2.25 bits per heavy atom. The minimum atomic E-state index is 0.177. The van der Waals surface area contributed by atoms with Gasteiger partial charge in [-0.2, -0.15) is 0 Å². The summed E-state index contributed by atoms with van der Waals surface area (Å²) in [6, 6.07) is 0. The average molecular weight is 168 g/mol. The van der Waals surface area contributed by atoms with E-state index in [2.05, 4.69) is 0 Å². The molecule has 0 amide bonds. The zero-order valence-electron chi connectivity index (χ0n) is 7.58. The van der Waals surface area contributed by atoms with Crippen molar-refractivity contribution < 1.29 is 4.74 Å². The maximum absolute atomic E-state index is 5.69. The summed E-state index contributed by atoms with van der Waals surface area (Å²) in [5, 5.41) is 0. The van der Waals surface area contributed by atoms with Crippen molar-refractivity contribution >= 4 is 0 Å². The van der Waals surface area contributed by atoms with Crippen LogP contribution in [0.15, 0.2) is 23.5 Å². The van der Waals surface area contributed by atoms with E-state index in [1.54, 1.807) is 13.2 Å². The van der Waals surface area contributed by atoms with E-state index in [4.69, 9.17) is 16.2 Å². The lowest BCUT2D eigenvalue weighted by Gasteiger charge is -2.23. The Balaban J connectivity index is 2.67. The summed E-state index contributed by atoms with van der Waals surface area (Å²) >= 11 is 0. The van der Waals surface area contributed by atoms with Crippen LogP contribution in [0.3, 0.4) is 0 Å². The molecule has 1 rings (SSSR count). The van der Waals surface area contributed by atoms with Crippen molar-refractivity contribution in [3.05, 3.63) is 23.5 Å². The van der Waals surface area contributed by atoms with Crippen molar-refractivity contribution in [3.63, 3.8) is 0 Å². The van der Waals surface area contributed by atoms with Crippen LogP contribution < -0.4 is 11.5 Å². The predicted molar refractivity (Wildman–Crippen MR) is 49.1 cm³/mol. The van der Waals surface area contributed by atoms with Gasteiger partial charge in [0.25, 0.3) is 0 Å². The molecule has 0 spiro atoms. The van der Waals surface area contributed by atoms with Crippen molar-refractivity contribution in [1.29, 1.82) is 0 Å². The zero-order chi connectivity index (χ0) is 9.14. The molecule has 0 aromatic rings. The minimum absolute atomic E-state index is 0.177. The van der Waals surface area contributed by atoms with Crippen molar-refractivity contribution in [2.24, 2.45) is 17.4 Å². The molecule has 0 aromatic heterocycles. The highest BCUT2D eigenvalue weighted by molar-refractivity contribution is 5.25. The molecule has 0 saturated heterocycles. The van der Waals surface area contributed by atoms with Crippen LogP contribution in [0, 0.1) is 5.92 Å². The number of hydrogen-bond donors (Lipinski definition) is 2.